The summed E-state index contributed by atoms with van der Waals surface area (Å²) in [6, 6.07) is 0. The Morgan fingerprint density at radius 3 is 2.39 bits per heavy atom. The van der Waals surface area contributed by atoms with Crippen LogP contribution < -0.4 is 5.32 Å². The molecule has 0 radical (unpaired) electrons. The van der Waals surface area contributed by atoms with Crippen LogP contribution in [0.25, 0.3) is 0 Å². The first kappa shape index (κ1) is 13.7. The number of carbonyl (C=O) groups is 2. The zero-order chi connectivity index (χ0) is 13.2. The SMILES string of the molecule is CC1(C(=O)NC2(CC(=O)O)CCCC2)CCCS1. The minimum Gasteiger partial charge on any atom is -0.481 e. The lowest BCUT2D eigenvalue weighted by Crippen LogP contribution is -2.53. The minimum atomic E-state index is -0.818. The molecule has 1 unspecified atom stereocenters. The largest absolute Gasteiger partial charge is 0.481 e. The van der Waals surface area contributed by atoms with Crippen LogP contribution in [0.1, 0.15) is 51.9 Å². The van der Waals surface area contributed by atoms with Crippen molar-refractivity contribution in [3.8, 4) is 0 Å². The third-order valence-electron chi connectivity index (χ3n) is 4.13. The van der Waals surface area contributed by atoms with Crippen LogP contribution in [-0.4, -0.2) is 33.0 Å². The summed E-state index contributed by atoms with van der Waals surface area (Å²) in [6.45, 7) is 1.98. The van der Waals surface area contributed by atoms with Gasteiger partial charge in [0.2, 0.25) is 5.91 Å². The van der Waals surface area contributed by atoms with Crippen molar-refractivity contribution in [3.05, 3.63) is 0 Å². The third-order valence-corrected chi connectivity index (χ3v) is 5.65. The third kappa shape index (κ3) is 2.82. The van der Waals surface area contributed by atoms with Gasteiger partial charge in [0.25, 0.3) is 0 Å². The van der Waals surface area contributed by atoms with Gasteiger partial charge in [0.15, 0.2) is 0 Å². The summed E-state index contributed by atoms with van der Waals surface area (Å²) >= 11 is 1.69. The van der Waals surface area contributed by atoms with Crippen LogP contribution >= 0.6 is 11.8 Å². The second kappa shape index (κ2) is 5.11. The van der Waals surface area contributed by atoms with Gasteiger partial charge in [-0.05, 0) is 38.4 Å². The normalized spacial score (nSPS) is 30.3. The van der Waals surface area contributed by atoms with Crippen molar-refractivity contribution >= 4 is 23.6 Å². The molecule has 1 saturated carbocycles. The molecule has 2 aliphatic rings. The lowest BCUT2D eigenvalue weighted by atomic mass is 9.91. The molecule has 0 bridgehead atoms. The van der Waals surface area contributed by atoms with E-state index < -0.39 is 11.5 Å². The average molecular weight is 271 g/mol. The van der Waals surface area contributed by atoms with Gasteiger partial charge in [0.05, 0.1) is 16.7 Å². The maximum atomic E-state index is 12.4. The van der Waals surface area contributed by atoms with E-state index >= 15 is 0 Å². The zero-order valence-electron chi connectivity index (χ0n) is 10.8. The first-order valence-corrected chi connectivity index (χ1v) is 7.63. The number of thioether (sulfide) groups is 1. The van der Waals surface area contributed by atoms with Crippen LogP contribution in [0.3, 0.4) is 0 Å². The Balaban J connectivity index is 2.04. The molecule has 2 fully saturated rings. The molecule has 0 aromatic heterocycles. The van der Waals surface area contributed by atoms with Crippen LogP contribution in [0.15, 0.2) is 0 Å². The standard InChI is InChI=1S/C13H21NO3S/c1-12(5-4-8-18-12)11(17)14-13(9-10(15)16)6-2-3-7-13/h2-9H2,1H3,(H,14,17)(H,15,16). The molecule has 1 aliphatic carbocycles. The van der Waals surface area contributed by atoms with Gasteiger partial charge in [0, 0.05) is 0 Å². The topological polar surface area (TPSA) is 66.4 Å². The molecule has 2 rings (SSSR count). The van der Waals surface area contributed by atoms with E-state index in [2.05, 4.69) is 5.32 Å². The maximum absolute atomic E-state index is 12.4. The molecule has 4 nitrogen and oxygen atoms in total. The predicted octanol–water partition coefficient (Wildman–Crippen LogP) is 2.18. The summed E-state index contributed by atoms with van der Waals surface area (Å²) in [4.78, 5) is 23.4. The van der Waals surface area contributed by atoms with Crippen LogP contribution in [0.5, 0.6) is 0 Å². The Morgan fingerprint density at radius 2 is 1.89 bits per heavy atom. The average Bonchev–Trinajstić information content (AvgIpc) is 2.88. The summed E-state index contributed by atoms with van der Waals surface area (Å²) in [5.41, 5.74) is -0.491. The number of hydrogen-bond acceptors (Lipinski definition) is 3. The molecule has 1 saturated heterocycles. The van der Waals surface area contributed by atoms with Crippen molar-refractivity contribution in [1.29, 1.82) is 0 Å². The number of amides is 1. The summed E-state index contributed by atoms with van der Waals surface area (Å²) in [5.74, 6) is 0.241. The van der Waals surface area contributed by atoms with E-state index in [4.69, 9.17) is 5.11 Å². The highest BCUT2D eigenvalue weighted by atomic mass is 32.2. The van der Waals surface area contributed by atoms with Gasteiger partial charge < -0.3 is 10.4 Å². The highest BCUT2D eigenvalue weighted by Gasteiger charge is 2.43. The smallest absolute Gasteiger partial charge is 0.305 e. The predicted molar refractivity (Wildman–Crippen MR) is 71.7 cm³/mol. The lowest BCUT2D eigenvalue weighted by molar-refractivity contribution is -0.139. The first-order chi connectivity index (χ1) is 8.46. The second-order valence-electron chi connectivity index (χ2n) is 5.69. The van der Waals surface area contributed by atoms with Crippen LogP contribution in [0.2, 0.25) is 0 Å². The summed E-state index contributed by atoms with van der Waals surface area (Å²) in [5, 5.41) is 12.1. The first-order valence-electron chi connectivity index (χ1n) is 6.64. The quantitative estimate of drug-likeness (QED) is 0.822. The van der Waals surface area contributed by atoms with E-state index in [1.54, 1.807) is 11.8 Å². The monoisotopic (exact) mass is 271 g/mol. The van der Waals surface area contributed by atoms with E-state index in [0.29, 0.717) is 0 Å². The lowest BCUT2D eigenvalue weighted by Gasteiger charge is -2.33. The number of carboxylic acids is 1. The molecule has 1 heterocycles. The Morgan fingerprint density at radius 1 is 1.22 bits per heavy atom. The minimum absolute atomic E-state index is 0.0353. The summed E-state index contributed by atoms with van der Waals surface area (Å²) < 4.78 is -0.353. The molecular weight excluding hydrogens is 250 g/mol. The van der Waals surface area contributed by atoms with Gasteiger partial charge in [-0.25, -0.2) is 0 Å². The van der Waals surface area contributed by atoms with Crippen LogP contribution in [0, 0.1) is 0 Å². The van der Waals surface area contributed by atoms with Gasteiger partial charge >= 0.3 is 5.97 Å². The fourth-order valence-electron chi connectivity index (χ4n) is 3.02. The molecule has 1 atom stereocenters. The Labute approximate surface area is 112 Å². The van der Waals surface area contributed by atoms with E-state index in [0.717, 1.165) is 44.3 Å². The molecule has 2 N–H and O–H groups in total. The fraction of sp³-hybridized carbons (Fsp3) is 0.846. The molecule has 18 heavy (non-hydrogen) atoms. The molecule has 0 aromatic rings. The van der Waals surface area contributed by atoms with Gasteiger partial charge in [-0.3, -0.25) is 9.59 Å². The van der Waals surface area contributed by atoms with Crippen LogP contribution in [0.4, 0.5) is 0 Å². The number of carbonyl (C=O) groups excluding carboxylic acids is 1. The number of hydrogen-bond donors (Lipinski definition) is 2. The Bertz CT molecular complexity index is 344. The van der Waals surface area contributed by atoms with Crippen molar-refractivity contribution in [3.63, 3.8) is 0 Å². The molecule has 0 aromatic carbocycles. The Hall–Kier alpha value is -0.710. The van der Waals surface area contributed by atoms with Crippen molar-refractivity contribution in [1.82, 2.24) is 5.32 Å². The van der Waals surface area contributed by atoms with Gasteiger partial charge in [0.1, 0.15) is 0 Å². The van der Waals surface area contributed by atoms with Crippen molar-refractivity contribution < 1.29 is 14.7 Å². The van der Waals surface area contributed by atoms with Crippen molar-refractivity contribution in [2.75, 3.05) is 5.75 Å². The van der Waals surface area contributed by atoms with E-state index in [1.165, 1.54) is 0 Å². The van der Waals surface area contributed by atoms with Crippen molar-refractivity contribution in [2.24, 2.45) is 0 Å². The fourth-order valence-corrected chi connectivity index (χ4v) is 4.23. The number of aliphatic carboxylic acids is 1. The van der Waals surface area contributed by atoms with E-state index in [-0.39, 0.29) is 17.1 Å². The maximum Gasteiger partial charge on any atom is 0.305 e. The molecule has 5 heteroatoms. The Kier molecular flexibility index (Phi) is 3.90. The molecule has 1 aliphatic heterocycles. The summed E-state index contributed by atoms with van der Waals surface area (Å²) in [6.07, 6.45) is 5.64. The van der Waals surface area contributed by atoms with Crippen molar-refractivity contribution in [2.45, 2.75) is 62.2 Å². The molecule has 102 valence electrons. The molecule has 0 spiro atoms. The van der Waals surface area contributed by atoms with Gasteiger partial charge in [-0.2, -0.15) is 0 Å². The highest BCUT2D eigenvalue weighted by Crippen LogP contribution is 2.40. The van der Waals surface area contributed by atoms with Gasteiger partial charge in [-0.15, -0.1) is 11.8 Å². The molecule has 1 amide bonds. The van der Waals surface area contributed by atoms with Gasteiger partial charge in [-0.1, -0.05) is 12.8 Å². The highest BCUT2D eigenvalue weighted by molar-refractivity contribution is 8.01. The molecular formula is C13H21NO3S. The second-order valence-corrected chi connectivity index (χ2v) is 7.29. The number of carboxylic acid groups (broad SMARTS) is 1. The van der Waals surface area contributed by atoms with E-state index in [9.17, 15) is 9.59 Å². The number of nitrogens with one attached hydrogen (secondary N) is 1. The van der Waals surface area contributed by atoms with E-state index in [1.807, 2.05) is 6.92 Å². The summed E-state index contributed by atoms with van der Waals surface area (Å²) in [7, 11) is 0. The zero-order valence-corrected chi connectivity index (χ0v) is 11.6. The number of rotatable bonds is 4. The van der Waals surface area contributed by atoms with Crippen LogP contribution in [-0.2, 0) is 9.59 Å².